The second kappa shape index (κ2) is 8.32. The number of nitriles is 1. The van der Waals surface area contributed by atoms with Gasteiger partial charge >= 0.3 is 0 Å². The number of aromatic nitrogens is 1. The molecule has 0 saturated heterocycles. The summed E-state index contributed by atoms with van der Waals surface area (Å²) >= 11 is 0. The molecule has 0 aliphatic rings. The van der Waals surface area contributed by atoms with E-state index in [9.17, 15) is 10.1 Å². The van der Waals surface area contributed by atoms with Gasteiger partial charge in [-0.2, -0.15) is 5.26 Å². The zero-order valence-electron chi connectivity index (χ0n) is 14.8. The molecule has 1 amide bonds. The first-order chi connectivity index (χ1) is 12.0. The van der Waals surface area contributed by atoms with Crippen molar-refractivity contribution in [2.75, 3.05) is 13.2 Å². The lowest BCUT2D eigenvalue weighted by atomic mass is 10.1. The molecule has 1 aromatic carbocycles. The van der Waals surface area contributed by atoms with Crippen LogP contribution < -0.4 is 5.32 Å². The van der Waals surface area contributed by atoms with Gasteiger partial charge in [0.1, 0.15) is 11.6 Å². The lowest BCUT2D eigenvalue weighted by molar-refractivity contribution is -0.117. The summed E-state index contributed by atoms with van der Waals surface area (Å²) in [4.78, 5) is 12.1. The van der Waals surface area contributed by atoms with E-state index in [-0.39, 0.29) is 12.2 Å². The monoisotopic (exact) mass is 337 g/mol. The quantitative estimate of drug-likeness (QED) is 0.483. The normalized spacial score (nSPS) is 11.2. The van der Waals surface area contributed by atoms with Crippen molar-refractivity contribution >= 4 is 12.0 Å². The van der Waals surface area contributed by atoms with Gasteiger partial charge in [-0.25, -0.2) is 0 Å². The van der Waals surface area contributed by atoms with Crippen LogP contribution in [0, 0.1) is 32.1 Å². The lowest BCUT2D eigenvalue weighted by Crippen LogP contribution is -2.26. The summed E-state index contributed by atoms with van der Waals surface area (Å²) in [6.45, 7) is 6.36. The molecule has 0 atom stereocenters. The Morgan fingerprint density at radius 3 is 2.56 bits per heavy atom. The number of carbonyl (C=O) groups is 1. The topological polar surface area (TPSA) is 78.0 Å². The molecule has 1 aromatic heterocycles. The fraction of sp³-hybridized carbons (Fsp3) is 0.300. The summed E-state index contributed by atoms with van der Waals surface area (Å²) in [5.74, 6) is -0.420. The van der Waals surface area contributed by atoms with E-state index >= 15 is 0 Å². The van der Waals surface area contributed by atoms with Crippen LogP contribution in [0.1, 0.15) is 28.9 Å². The number of benzene rings is 1. The van der Waals surface area contributed by atoms with Gasteiger partial charge in [0.2, 0.25) is 0 Å². The Bertz CT molecular complexity index is 824. The number of aryl methyl sites for hydroxylation is 2. The van der Waals surface area contributed by atoms with Gasteiger partial charge in [0.15, 0.2) is 0 Å². The number of hydrogen-bond donors (Lipinski definition) is 2. The number of carbonyl (C=O) groups excluding carboxylic acids is 1. The minimum absolute atomic E-state index is 0.00356. The lowest BCUT2D eigenvalue weighted by Gasteiger charge is -2.10. The fourth-order valence-electron chi connectivity index (χ4n) is 2.71. The molecule has 2 aromatic rings. The molecule has 0 spiro atoms. The highest BCUT2D eigenvalue weighted by atomic mass is 16.3. The van der Waals surface area contributed by atoms with E-state index in [2.05, 4.69) is 34.1 Å². The number of amides is 1. The van der Waals surface area contributed by atoms with E-state index in [1.807, 2.05) is 32.9 Å². The van der Waals surface area contributed by atoms with Gasteiger partial charge in [-0.05, 0) is 57.0 Å². The minimum atomic E-state index is -0.420. The third kappa shape index (κ3) is 4.37. The summed E-state index contributed by atoms with van der Waals surface area (Å²) in [7, 11) is 0. The molecule has 0 unspecified atom stereocenters. The van der Waals surface area contributed by atoms with Gasteiger partial charge < -0.3 is 15.0 Å². The first kappa shape index (κ1) is 18.5. The van der Waals surface area contributed by atoms with Crippen molar-refractivity contribution in [1.29, 1.82) is 5.26 Å². The third-order valence-corrected chi connectivity index (χ3v) is 4.05. The molecule has 0 radical (unpaired) electrons. The summed E-state index contributed by atoms with van der Waals surface area (Å²) in [6.07, 6.45) is 2.08. The number of aliphatic hydroxyl groups is 1. The molecule has 0 saturated carbocycles. The van der Waals surface area contributed by atoms with Gasteiger partial charge in [0, 0.05) is 30.2 Å². The van der Waals surface area contributed by atoms with E-state index < -0.39 is 5.91 Å². The predicted octanol–water partition coefficient (Wildman–Crippen LogP) is 2.81. The van der Waals surface area contributed by atoms with E-state index in [0.717, 1.165) is 22.6 Å². The number of nitrogens with one attached hydrogen (secondary N) is 1. The van der Waals surface area contributed by atoms with Crippen LogP contribution in [-0.2, 0) is 4.79 Å². The Balaban J connectivity index is 2.33. The summed E-state index contributed by atoms with van der Waals surface area (Å²) < 4.78 is 2.10. The molecular formula is C20H23N3O2. The Kier molecular flexibility index (Phi) is 6.15. The molecule has 130 valence electrons. The van der Waals surface area contributed by atoms with Gasteiger partial charge in [-0.15, -0.1) is 0 Å². The molecule has 2 rings (SSSR count). The molecule has 2 N–H and O–H groups in total. The molecule has 0 bridgehead atoms. The van der Waals surface area contributed by atoms with Crippen molar-refractivity contribution in [1.82, 2.24) is 9.88 Å². The zero-order chi connectivity index (χ0) is 18.4. The Labute approximate surface area is 148 Å². The van der Waals surface area contributed by atoms with Crippen LogP contribution in [0.4, 0.5) is 0 Å². The zero-order valence-corrected chi connectivity index (χ0v) is 14.8. The van der Waals surface area contributed by atoms with Gasteiger partial charge in [0.25, 0.3) is 5.91 Å². The van der Waals surface area contributed by atoms with Crippen molar-refractivity contribution in [3.8, 4) is 11.8 Å². The Morgan fingerprint density at radius 1 is 1.28 bits per heavy atom. The van der Waals surface area contributed by atoms with E-state index in [4.69, 9.17) is 5.11 Å². The highest BCUT2D eigenvalue weighted by Crippen LogP contribution is 2.23. The first-order valence-electron chi connectivity index (χ1n) is 8.24. The fourth-order valence-corrected chi connectivity index (χ4v) is 2.71. The van der Waals surface area contributed by atoms with Gasteiger partial charge in [-0.3, -0.25) is 4.79 Å². The van der Waals surface area contributed by atoms with Crippen molar-refractivity contribution < 1.29 is 9.90 Å². The number of nitrogens with zero attached hydrogens (tertiary/aromatic N) is 2. The third-order valence-electron chi connectivity index (χ3n) is 4.05. The molecule has 0 aliphatic heterocycles. The first-order valence-corrected chi connectivity index (χ1v) is 8.24. The number of rotatable bonds is 6. The minimum Gasteiger partial charge on any atom is -0.396 e. The van der Waals surface area contributed by atoms with E-state index in [1.165, 1.54) is 5.56 Å². The molecular weight excluding hydrogens is 314 g/mol. The molecule has 1 heterocycles. The maximum absolute atomic E-state index is 12.1. The smallest absolute Gasteiger partial charge is 0.261 e. The van der Waals surface area contributed by atoms with E-state index in [0.29, 0.717) is 13.0 Å². The standard InChI is InChI=1S/C20H23N3O2/c1-14-5-7-19(8-6-14)23-15(2)11-17(16(23)3)12-18(13-21)20(25)22-9-4-10-24/h5-8,11-12,24H,4,9-10H2,1-3H3,(H,22,25)/b18-12-. The van der Waals surface area contributed by atoms with Crippen LogP contribution in [0.3, 0.4) is 0 Å². The summed E-state index contributed by atoms with van der Waals surface area (Å²) in [5.41, 5.74) is 5.14. The van der Waals surface area contributed by atoms with Crippen LogP contribution in [0.15, 0.2) is 35.9 Å². The Hall–Kier alpha value is -2.84. The highest BCUT2D eigenvalue weighted by molar-refractivity contribution is 6.01. The van der Waals surface area contributed by atoms with Crippen molar-refractivity contribution in [3.05, 3.63) is 58.4 Å². The second-order valence-corrected chi connectivity index (χ2v) is 6.00. The average molecular weight is 337 g/mol. The Morgan fingerprint density at radius 2 is 1.96 bits per heavy atom. The number of hydrogen-bond acceptors (Lipinski definition) is 3. The molecule has 0 aliphatic carbocycles. The second-order valence-electron chi connectivity index (χ2n) is 6.00. The maximum atomic E-state index is 12.1. The van der Waals surface area contributed by atoms with Crippen molar-refractivity contribution in [2.24, 2.45) is 0 Å². The number of aliphatic hydroxyl groups excluding tert-OH is 1. The maximum Gasteiger partial charge on any atom is 0.261 e. The van der Waals surface area contributed by atoms with Crippen molar-refractivity contribution in [3.63, 3.8) is 0 Å². The highest BCUT2D eigenvalue weighted by Gasteiger charge is 2.13. The van der Waals surface area contributed by atoms with Crippen LogP contribution in [-0.4, -0.2) is 28.7 Å². The molecule has 0 fully saturated rings. The predicted molar refractivity (Wildman–Crippen MR) is 98.3 cm³/mol. The van der Waals surface area contributed by atoms with Crippen LogP contribution in [0.5, 0.6) is 0 Å². The van der Waals surface area contributed by atoms with Crippen molar-refractivity contribution in [2.45, 2.75) is 27.2 Å². The van der Waals surface area contributed by atoms with Crippen LogP contribution in [0.2, 0.25) is 0 Å². The van der Waals surface area contributed by atoms with Crippen LogP contribution in [0.25, 0.3) is 11.8 Å². The van der Waals surface area contributed by atoms with Gasteiger partial charge in [-0.1, -0.05) is 17.7 Å². The van der Waals surface area contributed by atoms with Gasteiger partial charge in [0.05, 0.1) is 0 Å². The summed E-state index contributed by atoms with van der Waals surface area (Å²) in [5, 5.41) is 20.7. The SMILES string of the molecule is Cc1ccc(-n2c(C)cc(/C=C(/C#N)C(=O)NCCCO)c2C)cc1. The molecule has 5 heteroatoms. The van der Waals surface area contributed by atoms with E-state index in [1.54, 1.807) is 6.08 Å². The average Bonchev–Trinajstić information content (AvgIpc) is 2.87. The molecule has 25 heavy (non-hydrogen) atoms. The largest absolute Gasteiger partial charge is 0.396 e. The molecule has 5 nitrogen and oxygen atoms in total. The van der Waals surface area contributed by atoms with Crippen LogP contribution >= 0.6 is 0 Å². The summed E-state index contributed by atoms with van der Waals surface area (Å²) in [6, 6.07) is 12.1.